The second kappa shape index (κ2) is 15.8. The molecule has 1 aliphatic heterocycles. The molecule has 1 saturated heterocycles. The molecule has 4 N–H and O–H groups in total. The largest absolute Gasteiger partial charge is 0.453 e. The van der Waals surface area contributed by atoms with Gasteiger partial charge >= 0.3 is 6.03 Å². The van der Waals surface area contributed by atoms with Gasteiger partial charge < -0.3 is 15.8 Å². The first-order valence-electron chi connectivity index (χ1n) is 11.1. The van der Waals surface area contributed by atoms with E-state index in [1.165, 1.54) is 48.8 Å². The van der Waals surface area contributed by atoms with Gasteiger partial charge in [0.05, 0.1) is 18.5 Å². The average Bonchev–Trinajstić information content (AvgIpc) is 2.82. The van der Waals surface area contributed by atoms with E-state index >= 15 is 0 Å². The minimum atomic E-state index is -0.829. The summed E-state index contributed by atoms with van der Waals surface area (Å²) in [5, 5.41) is 4.53. The van der Waals surface area contributed by atoms with Gasteiger partial charge in [0.1, 0.15) is 11.6 Å². The van der Waals surface area contributed by atoms with Crippen molar-refractivity contribution in [2.24, 2.45) is 5.73 Å². The highest BCUT2D eigenvalue weighted by molar-refractivity contribution is 6.01. The smallest absolute Gasteiger partial charge is 0.325 e. The lowest BCUT2D eigenvalue weighted by Crippen LogP contribution is -2.55. The van der Waals surface area contributed by atoms with Gasteiger partial charge in [-0.2, -0.15) is 0 Å². The molecule has 1 aromatic heterocycles. The molecule has 0 bridgehead atoms. The van der Waals surface area contributed by atoms with Crippen LogP contribution in [0.15, 0.2) is 60.9 Å². The van der Waals surface area contributed by atoms with Crippen molar-refractivity contribution in [3.05, 3.63) is 83.7 Å². The van der Waals surface area contributed by atoms with Crippen molar-refractivity contribution >= 4 is 54.8 Å². The van der Waals surface area contributed by atoms with Crippen molar-refractivity contribution in [3.63, 3.8) is 0 Å². The summed E-state index contributed by atoms with van der Waals surface area (Å²) >= 11 is 0. The van der Waals surface area contributed by atoms with Crippen LogP contribution in [-0.4, -0.2) is 47.5 Å². The molecule has 0 unspecified atom stereocenters. The topological polar surface area (TPSA) is 110 Å². The molecule has 2 aromatic carbocycles. The molecule has 4 rings (SSSR count). The number of rotatable bonds is 6. The molecule has 39 heavy (non-hydrogen) atoms. The number of anilines is 1. The number of aromatic nitrogens is 1. The van der Waals surface area contributed by atoms with Crippen LogP contribution in [0.25, 0.3) is 0 Å². The van der Waals surface area contributed by atoms with Gasteiger partial charge in [0.2, 0.25) is 5.91 Å². The van der Waals surface area contributed by atoms with E-state index in [0.717, 1.165) is 19.2 Å². The van der Waals surface area contributed by atoms with Crippen LogP contribution >= 0.6 is 37.2 Å². The highest BCUT2D eigenvalue weighted by atomic mass is 35.5. The maximum Gasteiger partial charge on any atom is 0.325 e. The summed E-state index contributed by atoms with van der Waals surface area (Å²) < 4.78 is 33.3. The van der Waals surface area contributed by atoms with Crippen molar-refractivity contribution in [1.82, 2.24) is 15.2 Å². The number of carbonyl (C=O) groups excluding carboxylic acids is 2. The molecule has 1 fully saturated rings. The molecular weight excluding hydrogens is 575 g/mol. The first-order valence-corrected chi connectivity index (χ1v) is 11.1. The molecular formula is C26H26Cl3F2N5O3. The van der Waals surface area contributed by atoms with E-state index in [9.17, 15) is 18.4 Å². The Morgan fingerprint density at radius 2 is 1.77 bits per heavy atom. The Morgan fingerprint density at radius 3 is 2.44 bits per heavy atom. The molecule has 2 heterocycles. The van der Waals surface area contributed by atoms with Gasteiger partial charge in [-0.25, -0.2) is 13.6 Å². The maximum atomic E-state index is 14.7. The zero-order chi connectivity index (χ0) is 25.5. The molecule has 0 spiro atoms. The number of ether oxygens (including phenoxy) is 1. The van der Waals surface area contributed by atoms with E-state index < -0.39 is 23.6 Å². The Labute approximate surface area is 242 Å². The van der Waals surface area contributed by atoms with Crippen molar-refractivity contribution in [3.8, 4) is 23.3 Å². The SMILES string of the molecule is Cl.Cl.Cl.NC1CN(CC#Cc2cnccc2Oc2ccc(NC(=O)NC(=O)Cc3ccc(F)cc3)cc2F)C1. The summed E-state index contributed by atoms with van der Waals surface area (Å²) in [7, 11) is 0. The fraction of sp³-hybridized carbons (Fsp3) is 0.192. The highest BCUT2D eigenvalue weighted by Gasteiger charge is 2.21. The molecule has 3 aromatic rings. The summed E-state index contributed by atoms with van der Waals surface area (Å²) in [5.74, 6) is 4.54. The number of nitrogens with two attached hydrogens (primary N) is 1. The number of halogens is 5. The Morgan fingerprint density at radius 1 is 1.05 bits per heavy atom. The first-order chi connectivity index (χ1) is 17.4. The minimum absolute atomic E-state index is 0. The van der Waals surface area contributed by atoms with Crippen LogP contribution in [0.5, 0.6) is 11.5 Å². The Kier molecular flexibility index (Phi) is 13.6. The highest BCUT2D eigenvalue weighted by Crippen LogP contribution is 2.28. The Balaban J connectivity index is 0.00000253. The molecule has 0 atom stereocenters. The van der Waals surface area contributed by atoms with Crippen LogP contribution in [0.4, 0.5) is 19.3 Å². The standard InChI is InChI=1S/C26H23F2N5O3.3ClH/c27-19-5-3-17(4-6-19)12-25(34)32-26(35)31-21-7-8-24(22(28)13-21)36-23-9-10-30-14-18(23)2-1-11-33-15-20(29)16-33;;;/h3-10,13-14,20H,11-12,15-16,29H2,(H2,31,32,34,35);3*1H. The van der Waals surface area contributed by atoms with Crippen LogP contribution in [0, 0.1) is 23.5 Å². The molecule has 0 aliphatic carbocycles. The number of carbonyl (C=O) groups is 2. The third kappa shape index (κ3) is 9.98. The van der Waals surface area contributed by atoms with Crippen molar-refractivity contribution in [2.45, 2.75) is 12.5 Å². The molecule has 8 nitrogen and oxygen atoms in total. The van der Waals surface area contributed by atoms with Gasteiger partial charge in [-0.1, -0.05) is 24.0 Å². The van der Waals surface area contributed by atoms with Crippen molar-refractivity contribution in [2.75, 3.05) is 25.0 Å². The van der Waals surface area contributed by atoms with Crippen molar-refractivity contribution in [1.29, 1.82) is 0 Å². The molecule has 208 valence electrons. The van der Waals surface area contributed by atoms with Gasteiger partial charge in [0, 0.05) is 49.3 Å². The van der Waals surface area contributed by atoms with Gasteiger partial charge in [-0.05, 0) is 29.8 Å². The number of urea groups is 1. The lowest BCUT2D eigenvalue weighted by atomic mass is 10.1. The monoisotopic (exact) mass is 599 g/mol. The van der Waals surface area contributed by atoms with Crippen LogP contribution in [0.3, 0.4) is 0 Å². The van der Waals surface area contributed by atoms with Gasteiger partial charge in [0.25, 0.3) is 0 Å². The third-order valence-corrected chi connectivity index (χ3v) is 5.23. The summed E-state index contributed by atoms with van der Waals surface area (Å²) in [5.41, 5.74) is 6.92. The van der Waals surface area contributed by atoms with E-state index in [0.29, 0.717) is 23.4 Å². The van der Waals surface area contributed by atoms with Gasteiger partial charge in [-0.3, -0.25) is 20.0 Å². The van der Waals surface area contributed by atoms with Crippen LogP contribution in [-0.2, 0) is 11.2 Å². The lowest BCUT2D eigenvalue weighted by molar-refractivity contribution is -0.119. The zero-order valence-electron chi connectivity index (χ0n) is 20.4. The number of amides is 3. The maximum absolute atomic E-state index is 14.7. The second-order valence-electron chi connectivity index (χ2n) is 8.18. The molecule has 13 heteroatoms. The summed E-state index contributed by atoms with van der Waals surface area (Å²) in [6.07, 6.45) is 2.93. The van der Waals surface area contributed by atoms with E-state index in [2.05, 4.69) is 32.4 Å². The lowest BCUT2D eigenvalue weighted by Gasteiger charge is -2.35. The first kappa shape index (κ1) is 33.6. The average molecular weight is 601 g/mol. The number of pyridine rings is 1. The predicted octanol–water partition coefficient (Wildman–Crippen LogP) is 4.30. The summed E-state index contributed by atoms with van der Waals surface area (Å²) in [6, 6.07) is 10.1. The fourth-order valence-corrected chi connectivity index (χ4v) is 3.45. The summed E-state index contributed by atoms with van der Waals surface area (Å²) in [4.78, 5) is 30.3. The minimum Gasteiger partial charge on any atom is -0.453 e. The number of nitrogens with zero attached hydrogens (tertiary/aromatic N) is 2. The van der Waals surface area contributed by atoms with Crippen LogP contribution in [0.2, 0.25) is 0 Å². The predicted molar refractivity (Wildman–Crippen MR) is 151 cm³/mol. The Bertz CT molecular complexity index is 1330. The van der Waals surface area contributed by atoms with E-state index in [-0.39, 0.29) is 61.1 Å². The normalized spacial score (nSPS) is 12.2. The summed E-state index contributed by atoms with van der Waals surface area (Å²) in [6.45, 7) is 2.17. The number of imide groups is 1. The number of hydrogen-bond donors (Lipinski definition) is 3. The van der Waals surface area contributed by atoms with Crippen LogP contribution in [0.1, 0.15) is 11.1 Å². The van der Waals surface area contributed by atoms with E-state index in [1.807, 2.05) is 0 Å². The Hall–Kier alpha value is -3.46. The van der Waals surface area contributed by atoms with E-state index in [4.69, 9.17) is 10.5 Å². The molecule has 1 aliphatic rings. The third-order valence-electron chi connectivity index (χ3n) is 5.23. The number of nitrogens with one attached hydrogen (secondary N) is 2. The number of likely N-dealkylation sites (tertiary alicyclic amines) is 1. The quantitative estimate of drug-likeness (QED) is 0.364. The van der Waals surface area contributed by atoms with E-state index in [1.54, 1.807) is 6.07 Å². The van der Waals surface area contributed by atoms with Crippen LogP contribution < -0.4 is 21.1 Å². The number of benzene rings is 2. The molecule has 3 amide bonds. The number of hydrogen-bond acceptors (Lipinski definition) is 6. The zero-order valence-corrected chi connectivity index (χ0v) is 22.8. The second-order valence-corrected chi connectivity index (χ2v) is 8.18. The van der Waals surface area contributed by atoms with Gasteiger partial charge in [0.15, 0.2) is 11.6 Å². The van der Waals surface area contributed by atoms with Gasteiger partial charge in [-0.15, -0.1) is 37.2 Å². The molecule has 0 saturated carbocycles. The molecule has 0 radical (unpaired) electrons. The van der Waals surface area contributed by atoms with Crippen molar-refractivity contribution < 1.29 is 23.1 Å². The fourth-order valence-electron chi connectivity index (χ4n) is 3.45.